The first kappa shape index (κ1) is 21.3. The first-order chi connectivity index (χ1) is 13.6. The maximum atomic E-state index is 13.1. The summed E-state index contributed by atoms with van der Waals surface area (Å²) in [5.74, 6) is 0. The molecule has 0 amide bonds. The number of hydrogen-bond donors (Lipinski definition) is 0. The van der Waals surface area contributed by atoms with E-state index in [1.165, 1.54) is 61.5 Å². The molecular weight excluding hydrogens is 455 g/mol. The minimum absolute atomic E-state index is 0.103. The van der Waals surface area contributed by atoms with E-state index in [2.05, 4.69) is 4.98 Å². The van der Waals surface area contributed by atoms with Crippen LogP contribution in [0.3, 0.4) is 0 Å². The normalized spacial score (nSPS) is 11.8. The molecule has 0 aliphatic rings. The number of pyridine rings is 1. The second-order valence-corrected chi connectivity index (χ2v) is 10.6. The smallest absolute Gasteiger partial charge is 0.222 e. The zero-order valence-corrected chi connectivity index (χ0v) is 17.9. The minimum Gasteiger partial charge on any atom is -0.222 e. The first-order valence-corrected chi connectivity index (χ1v) is 11.7. The Morgan fingerprint density at radius 3 is 1.72 bits per heavy atom. The van der Waals surface area contributed by atoms with Gasteiger partial charge in [-0.1, -0.05) is 23.2 Å². The molecule has 1 heterocycles. The molecule has 0 fully saturated rings. The van der Waals surface area contributed by atoms with Crippen LogP contribution in [0, 0.1) is 18.3 Å². The fourth-order valence-corrected chi connectivity index (χ4v) is 5.54. The fraction of sp³-hybridized carbons (Fsp3) is 0.0526. The van der Waals surface area contributed by atoms with Crippen LogP contribution in [0.15, 0.2) is 74.4 Å². The molecule has 0 aliphatic heterocycles. The average Bonchev–Trinajstić information content (AvgIpc) is 2.68. The van der Waals surface area contributed by atoms with Gasteiger partial charge in [0.25, 0.3) is 0 Å². The van der Waals surface area contributed by atoms with E-state index in [9.17, 15) is 22.1 Å². The Morgan fingerprint density at radius 2 is 1.28 bits per heavy atom. The lowest BCUT2D eigenvalue weighted by molar-refractivity contribution is 0.584. The van der Waals surface area contributed by atoms with Gasteiger partial charge in [0, 0.05) is 10.0 Å². The van der Waals surface area contributed by atoms with E-state index in [0.29, 0.717) is 10.0 Å². The molecule has 0 saturated carbocycles. The van der Waals surface area contributed by atoms with Gasteiger partial charge in [0.15, 0.2) is 10.1 Å². The summed E-state index contributed by atoms with van der Waals surface area (Å²) in [4.78, 5) is 3.62. The standard InChI is InChI=1S/C19H12Cl2N2O4S2/c1-12-10-18(28(24,25)15-6-2-13(20)3-7-15)23-19(17(12)11-22)29(26,27)16-8-4-14(21)5-9-16/h2-10H,1H3. The van der Waals surface area contributed by atoms with Gasteiger partial charge in [-0.3, -0.25) is 0 Å². The summed E-state index contributed by atoms with van der Waals surface area (Å²) >= 11 is 11.6. The fourth-order valence-electron chi connectivity index (χ4n) is 2.54. The second-order valence-electron chi connectivity index (χ2n) is 5.98. The molecule has 0 saturated heterocycles. The third-order valence-electron chi connectivity index (χ3n) is 4.05. The Labute approximate surface area is 178 Å². The van der Waals surface area contributed by atoms with Gasteiger partial charge < -0.3 is 0 Å². The Kier molecular flexibility index (Phi) is 5.70. The topological polar surface area (TPSA) is 105 Å². The van der Waals surface area contributed by atoms with Crippen molar-refractivity contribution in [1.82, 2.24) is 4.98 Å². The average molecular weight is 467 g/mol. The molecule has 6 nitrogen and oxygen atoms in total. The zero-order chi connectivity index (χ0) is 21.4. The van der Waals surface area contributed by atoms with Crippen molar-refractivity contribution in [3.8, 4) is 6.07 Å². The summed E-state index contributed by atoms with van der Waals surface area (Å²) in [5, 5.41) is 9.02. The molecule has 0 N–H and O–H groups in total. The van der Waals surface area contributed by atoms with Crippen LogP contribution in [0.1, 0.15) is 11.1 Å². The molecule has 1 aromatic heterocycles. The SMILES string of the molecule is Cc1cc(S(=O)(=O)c2ccc(Cl)cc2)nc(S(=O)(=O)c2ccc(Cl)cc2)c1C#N. The molecule has 0 radical (unpaired) electrons. The Bertz CT molecular complexity index is 1350. The summed E-state index contributed by atoms with van der Waals surface area (Å²) in [5.41, 5.74) is -0.0578. The van der Waals surface area contributed by atoms with Gasteiger partial charge in [0.1, 0.15) is 6.07 Å². The van der Waals surface area contributed by atoms with Crippen molar-refractivity contribution < 1.29 is 16.8 Å². The highest BCUT2D eigenvalue weighted by Crippen LogP contribution is 2.29. The molecule has 2 aromatic carbocycles. The third-order valence-corrected chi connectivity index (χ3v) is 7.90. The molecule has 0 atom stereocenters. The van der Waals surface area contributed by atoms with Crippen LogP contribution in [0.4, 0.5) is 0 Å². The van der Waals surface area contributed by atoms with E-state index in [1.807, 2.05) is 0 Å². The maximum absolute atomic E-state index is 13.1. The summed E-state index contributed by atoms with van der Waals surface area (Å²) in [6, 6.07) is 13.6. The summed E-state index contributed by atoms with van der Waals surface area (Å²) < 4.78 is 52.0. The van der Waals surface area contributed by atoms with Crippen molar-refractivity contribution >= 4 is 42.9 Å². The van der Waals surface area contributed by atoms with Crippen LogP contribution >= 0.6 is 23.2 Å². The van der Waals surface area contributed by atoms with Crippen molar-refractivity contribution in [3.63, 3.8) is 0 Å². The number of aromatic nitrogens is 1. The Hall–Kier alpha value is -2.44. The second kappa shape index (κ2) is 7.76. The quantitative estimate of drug-likeness (QED) is 0.569. The number of halogens is 2. The predicted molar refractivity (Wildman–Crippen MR) is 107 cm³/mol. The van der Waals surface area contributed by atoms with Crippen molar-refractivity contribution in [2.24, 2.45) is 0 Å². The van der Waals surface area contributed by atoms with E-state index < -0.39 is 29.7 Å². The first-order valence-electron chi connectivity index (χ1n) is 8.00. The molecule has 10 heteroatoms. The summed E-state index contributed by atoms with van der Waals surface area (Å²) in [6.07, 6.45) is 0. The number of rotatable bonds is 4. The molecule has 29 heavy (non-hydrogen) atoms. The van der Waals surface area contributed by atoms with Crippen LogP contribution in [0.2, 0.25) is 10.0 Å². The monoisotopic (exact) mass is 466 g/mol. The van der Waals surface area contributed by atoms with E-state index in [-0.39, 0.29) is 20.9 Å². The van der Waals surface area contributed by atoms with Crippen molar-refractivity contribution in [2.75, 3.05) is 0 Å². The van der Waals surface area contributed by atoms with Gasteiger partial charge in [0.2, 0.25) is 19.7 Å². The summed E-state index contributed by atoms with van der Waals surface area (Å²) in [6.45, 7) is 1.45. The third kappa shape index (κ3) is 4.00. The number of hydrogen-bond acceptors (Lipinski definition) is 6. The number of nitrogens with zero attached hydrogens (tertiary/aromatic N) is 2. The molecule has 148 valence electrons. The van der Waals surface area contributed by atoms with Gasteiger partial charge in [-0.25, -0.2) is 21.8 Å². The molecular formula is C19H12Cl2N2O4S2. The number of benzene rings is 2. The zero-order valence-electron chi connectivity index (χ0n) is 14.8. The molecule has 0 bridgehead atoms. The number of aryl methyl sites for hydroxylation is 1. The number of sulfone groups is 2. The molecule has 3 aromatic rings. The predicted octanol–water partition coefficient (Wildman–Crippen LogP) is 4.23. The van der Waals surface area contributed by atoms with Crippen molar-refractivity contribution in [3.05, 3.63) is 75.8 Å². The van der Waals surface area contributed by atoms with Gasteiger partial charge in [-0.05, 0) is 67.1 Å². The van der Waals surface area contributed by atoms with E-state index in [0.717, 1.165) is 0 Å². The highest BCUT2D eigenvalue weighted by Gasteiger charge is 2.29. The van der Waals surface area contributed by atoms with Crippen molar-refractivity contribution in [1.29, 1.82) is 5.26 Å². The van der Waals surface area contributed by atoms with Gasteiger partial charge in [-0.2, -0.15) is 5.26 Å². The lowest BCUT2D eigenvalue weighted by Gasteiger charge is -2.11. The molecule has 3 rings (SSSR count). The van der Waals surface area contributed by atoms with Crippen LogP contribution < -0.4 is 0 Å². The summed E-state index contributed by atoms with van der Waals surface area (Å²) in [7, 11) is -8.41. The number of nitriles is 1. The lowest BCUT2D eigenvalue weighted by atomic mass is 10.2. The molecule has 0 unspecified atom stereocenters. The highest BCUT2D eigenvalue weighted by molar-refractivity contribution is 7.92. The molecule has 0 spiro atoms. The van der Waals surface area contributed by atoms with E-state index >= 15 is 0 Å². The largest absolute Gasteiger partial charge is 0.225 e. The van der Waals surface area contributed by atoms with Crippen LogP contribution in [-0.4, -0.2) is 21.8 Å². The van der Waals surface area contributed by atoms with E-state index in [1.54, 1.807) is 6.07 Å². The highest BCUT2D eigenvalue weighted by atomic mass is 35.5. The molecule has 0 aliphatic carbocycles. The van der Waals surface area contributed by atoms with Crippen LogP contribution in [-0.2, 0) is 19.7 Å². The van der Waals surface area contributed by atoms with Gasteiger partial charge in [0.05, 0.1) is 15.4 Å². The lowest BCUT2D eigenvalue weighted by Crippen LogP contribution is -2.13. The Balaban J connectivity index is 2.26. The minimum atomic E-state index is -4.27. The Morgan fingerprint density at radius 1 is 0.828 bits per heavy atom. The van der Waals surface area contributed by atoms with Crippen LogP contribution in [0.25, 0.3) is 0 Å². The van der Waals surface area contributed by atoms with Crippen LogP contribution in [0.5, 0.6) is 0 Å². The maximum Gasteiger partial charge on any atom is 0.225 e. The van der Waals surface area contributed by atoms with Crippen molar-refractivity contribution in [2.45, 2.75) is 26.8 Å². The van der Waals surface area contributed by atoms with E-state index in [4.69, 9.17) is 23.2 Å². The van der Waals surface area contributed by atoms with Gasteiger partial charge in [-0.15, -0.1) is 0 Å². The van der Waals surface area contributed by atoms with Gasteiger partial charge >= 0.3 is 0 Å².